The number of hydrogen-bond acceptors (Lipinski definition) is 1. The summed E-state index contributed by atoms with van der Waals surface area (Å²) in [5, 5.41) is 1.07. The van der Waals surface area contributed by atoms with Gasteiger partial charge in [-0.3, -0.25) is 0 Å². The highest BCUT2D eigenvalue weighted by molar-refractivity contribution is 9.09. The quantitative estimate of drug-likeness (QED) is 0.753. The summed E-state index contributed by atoms with van der Waals surface area (Å²) in [7, 11) is 0. The highest BCUT2D eigenvalue weighted by atomic mass is 79.9. The number of benzene rings is 1. The van der Waals surface area contributed by atoms with Gasteiger partial charge in [0.25, 0.3) is 0 Å². The van der Waals surface area contributed by atoms with Gasteiger partial charge in [-0.2, -0.15) is 0 Å². The standard InChI is InChI=1S/C12H15BrO/c1-9(8-13)6-10-2-3-12-11(7-10)4-5-14-12/h2-3,7,9H,4-6,8H2,1H3. The van der Waals surface area contributed by atoms with Gasteiger partial charge in [0.1, 0.15) is 5.75 Å². The van der Waals surface area contributed by atoms with Gasteiger partial charge < -0.3 is 4.74 Å². The Hall–Kier alpha value is -0.500. The van der Waals surface area contributed by atoms with Crippen LogP contribution >= 0.6 is 15.9 Å². The minimum atomic E-state index is 0.704. The monoisotopic (exact) mass is 254 g/mol. The highest BCUT2D eigenvalue weighted by Gasteiger charge is 2.12. The summed E-state index contributed by atoms with van der Waals surface area (Å²) < 4.78 is 5.48. The van der Waals surface area contributed by atoms with Crippen molar-refractivity contribution in [2.75, 3.05) is 11.9 Å². The zero-order valence-corrected chi connectivity index (χ0v) is 10.0. The molecule has 0 N–H and O–H groups in total. The Labute approximate surface area is 93.6 Å². The Morgan fingerprint density at radius 3 is 3.14 bits per heavy atom. The normalized spacial score (nSPS) is 16.1. The van der Waals surface area contributed by atoms with E-state index in [9.17, 15) is 0 Å². The van der Waals surface area contributed by atoms with E-state index in [0.717, 1.165) is 30.5 Å². The third-order valence-electron chi connectivity index (χ3n) is 2.60. The van der Waals surface area contributed by atoms with E-state index in [1.165, 1.54) is 11.1 Å². The van der Waals surface area contributed by atoms with Crippen LogP contribution in [0.4, 0.5) is 0 Å². The number of ether oxygens (including phenoxy) is 1. The summed E-state index contributed by atoms with van der Waals surface area (Å²) in [5.74, 6) is 1.79. The van der Waals surface area contributed by atoms with Crippen LogP contribution in [0.2, 0.25) is 0 Å². The molecule has 1 aromatic carbocycles. The molecule has 0 spiro atoms. The van der Waals surface area contributed by atoms with Crippen molar-refractivity contribution in [1.82, 2.24) is 0 Å². The Bertz CT molecular complexity index is 322. The second-order valence-electron chi connectivity index (χ2n) is 4.00. The van der Waals surface area contributed by atoms with Crippen molar-refractivity contribution in [2.45, 2.75) is 19.8 Å². The predicted molar refractivity (Wildman–Crippen MR) is 62.3 cm³/mol. The van der Waals surface area contributed by atoms with Crippen LogP contribution in [0.3, 0.4) is 0 Å². The number of alkyl halides is 1. The molecule has 76 valence electrons. The molecule has 1 unspecified atom stereocenters. The lowest BCUT2D eigenvalue weighted by Crippen LogP contribution is -2.00. The van der Waals surface area contributed by atoms with Gasteiger partial charge in [0.05, 0.1) is 6.61 Å². The maximum atomic E-state index is 5.48. The summed E-state index contributed by atoms with van der Waals surface area (Å²) in [6.07, 6.45) is 2.23. The average Bonchev–Trinajstić information content (AvgIpc) is 2.64. The van der Waals surface area contributed by atoms with Crippen LogP contribution < -0.4 is 4.74 Å². The summed E-state index contributed by atoms with van der Waals surface area (Å²) >= 11 is 3.51. The molecule has 1 aromatic rings. The molecule has 1 aliphatic heterocycles. The Balaban J connectivity index is 2.12. The largest absolute Gasteiger partial charge is 0.493 e. The van der Waals surface area contributed by atoms with Crippen LogP contribution in [-0.4, -0.2) is 11.9 Å². The zero-order valence-electron chi connectivity index (χ0n) is 8.42. The highest BCUT2D eigenvalue weighted by Crippen LogP contribution is 2.26. The molecule has 14 heavy (non-hydrogen) atoms. The smallest absolute Gasteiger partial charge is 0.122 e. The van der Waals surface area contributed by atoms with Crippen molar-refractivity contribution < 1.29 is 4.74 Å². The van der Waals surface area contributed by atoms with E-state index in [2.05, 4.69) is 41.1 Å². The van der Waals surface area contributed by atoms with Crippen molar-refractivity contribution in [3.63, 3.8) is 0 Å². The van der Waals surface area contributed by atoms with Crippen molar-refractivity contribution in [1.29, 1.82) is 0 Å². The van der Waals surface area contributed by atoms with E-state index < -0.39 is 0 Å². The topological polar surface area (TPSA) is 9.23 Å². The zero-order chi connectivity index (χ0) is 9.97. The van der Waals surface area contributed by atoms with E-state index in [1.54, 1.807) is 0 Å². The minimum absolute atomic E-state index is 0.704. The van der Waals surface area contributed by atoms with Crippen molar-refractivity contribution >= 4 is 15.9 Å². The number of hydrogen-bond donors (Lipinski definition) is 0. The lowest BCUT2D eigenvalue weighted by molar-refractivity contribution is 0.357. The van der Waals surface area contributed by atoms with Crippen LogP contribution in [-0.2, 0) is 12.8 Å². The second-order valence-corrected chi connectivity index (χ2v) is 4.65. The molecule has 1 heterocycles. The van der Waals surface area contributed by atoms with E-state index in [4.69, 9.17) is 4.74 Å². The molecule has 0 aromatic heterocycles. The predicted octanol–water partition coefficient (Wildman–Crippen LogP) is 3.20. The summed E-state index contributed by atoms with van der Waals surface area (Å²) in [6.45, 7) is 3.12. The van der Waals surface area contributed by atoms with Gasteiger partial charge in [-0.05, 0) is 29.5 Å². The molecule has 0 radical (unpaired) electrons. The molecule has 1 atom stereocenters. The summed E-state index contributed by atoms with van der Waals surface area (Å²) in [5.41, 5.74) is 2.81. The minimum Gasteiger partial charge on any atom is -0.493 e. The molecular weight excluding hydrogens is 240 g/mol. The van der Waals surface area contributed by atoms with E-state index >= 15 is 0 Å². The fraction of sp³-hybridized carbons (Fsp3) is 0.500. The molecule has 1 aliphatic rings. The van der Waals surface area contributed by atoms with E-state index in [1.807, 2.05) is 0 Å². The Morgan fingerprint density at radius 2 is 2.36 bits per heavy atom. The van der Waals surface area contributed by atoms with Gasteiger partial charge in [0.15, 0.2) is 0 Å². The molecule has 0 fully saturated rings. The first kappa shape index (κ1) is 10.0. The van der Waals surface area contributed by atoms with Crippen molar-refractivity contribution in [3.8, 4) is 5.75 Å². The fourth-order valence-corrected chi connectivity index (χ4v) is 2.05. The van der Waals surface area contributed by atoms with Gasteiger partial charge in [-0.25, -0.2) is 0 Å². The van der Waals surface area contributed by atoms with Crippen molar-refractivity contribution in [2.24, 2.45) is 5.92 Å². The first-order chi connectivity index (χ1) is 6.79. The number of halogens is 1. The molecule has 0 saturated carbocycles. The molecule has 0 bridgehead atoms. The van der Waals surface area contributed by atoms with E-state index in [-0.39, 0.29) is 0 Å². The fourth-order valence-electron chi connectivity index (χ4n) is 1.82. The first-order valence-corrected chi connectivity index (χ1v) is 6.22. The first-order valence-electron chi connectivity index (χ1n) is 5.10. The molecule has 2 heteroatoms. The van der Waals surface area contributed by atoms with Crippen LogP contribution in [0.5, 0.6) is 5.75 Å². The lowest BCUT2D eigenvalue weighted by atomic mass is 10.0. The maximum Gasteiger partial charge on any atom is 0.122 e. The Kier molecular flexibility index (Phi) is 3.12. The van der Waals surface area contributed by atoms with Gasteiger partial charge in [-0.1, -0.05) is 35.0 Å². The molecule has 2 rings (SSSR count). The van der Waals surface area contributed by atoms with Crippen LogP contribution in [0, 0.1) is 5.92 Å². The van der Waals surface area contributed by atoms with E-state index in [0.29, 0.717) is 5.92 Å². The SMILES string of the molecule is CC(CBr)Cc1ccc2c(c1)CCO2. The molecule has 0 saturated heterocycles. The lowest BCUT2D eigenvalue weighted by Gasteiger charge is -2.08. The van der Waals surface area contributed by atoms with Crippen molar-refractivity contribution in [3.05, 3.63) is 29.3 Å². The average molecular weight is 255 g/mol. The number of fused-ring (bicyclic) bond motifs is 1. The second kappa shape index (κ2) is 4.35. The van der Waals surface area contributed by atoms with Crippen LogP contribution in [0.25, 0.3) is 0 Å². The summed E-state index contributed by atoms with van der Waals surface area (Å²) in [6, 6.07) is 6.59. The van der Waals surface area contributed by atoms with Crippen LogP contribution in [0.15, 0.2) is 18.2 Å². The van der Waals surface area contributed by atoms with Gasteiger partial charge in [0, 0.05) is 11.8 Å². The molecular formula is C12H15BrO. The number of rotatable bonds is 3. The van der Waals surface area contributed by atoms with Crippen LogP contribution in [0.1, 0.15) is 18.1 Å². The molecule has 0 aliphatic carbocycles. The Morgan fingerprint density at radius 1 is 1.50 bits per heavy atom. The third-order valence-corrected chi connectivity index (χ3v) is 3.71. The maximum absolute atomic E-state index is 5.48. The molecule has 0 amide bonds. The van der Waals surface area contributed by atoms with Gasteiger partial charge >= 0.3 is 0 Å². The third kappa shape index (κ3) is 2.11. The summed E-state index contributed by atoms with van der Waals surface area (Å²) in [4.78, 5) is 0. The molecule has 1 nitrogen and oxygen atoms in total. The van der Waals surface area contributed by atoms with Gasteiger partial charge in [-0.15, -0.1) is 0 Å². The van der Waals surface area contributed by atoms with Gasteiger partial charge in [0.2, 0.25) is 0 Å².